The number of rotatable bonds is 8. The number of nitrogens with zero attached hydrogens (tertiary/aromatic N) is 2. The first-order valence-corrected chi connectivity index (χ1v) is 10.0. The Balaban J connectivity index is 1.89. The third kappa shape index (κ3) is 6.85. The van der Waals surface area contributed by atoms with Crippen molar-refractivity contribution < 1.29 is 0 Å². The number of aryl methyl sites for hydroxylation is 1. The zero-order valence-electron chi connectivity index (χ0n) is 16.1. The average Bonchev–Trinajstić information content (AvgIpc) is 2.66. The van der Waals surface area contributed by atoms with E-state index in [2.05, 4.69) is 58.9 Å². The molecule has 0 unspecified atom stereocenters. The summed E-state index contributed by atoms with van der Waals surface area (Å²) in [6.45, 7) is 8.49. The molecule has 0 aliphatic carbocycles. The van der Waals surface area contributed by atoms with Gasteiger partial charge in [-0.1, -0.05) is 43.1 Å². The lowest BCUT2D eigenvalue weighted by molar-refractivity contribution is 0.732. The maximum atomic E-state index is 6.20. The quantitative estimate of drug-likeness (QED) is 0.342. The van der Waals surface area contributed by atoms with Crippen LogP contribution in [0.4, 0.5) is 11.4 Å². The second-order valence-corrected chi connectivity index (χ2v) is 7.15. The van der Waals surface area contributed by atoms with E-state index in [9.17, 15) is 0 Å². The molecule has 0 aliphatic heterocycles. The monoisotopic (exact) mass is 402 g/mol. The highest BCUT2D eigenvalue weighted by Crippen LogP contribution is 2.22. The van der Waals surface area contributed by atoms with Gasteiger partial charge in [0, 0.05) is 18.8 Å². The molecular weight excluding hydrogens is 376 g/mol. The number of benzene rings is 2. The van der Waals surface area contributed by atoms with Crippen LogP contribution in [0.15, 0.2) is 47.6 Å². The van der Waals surface area contributed by atoms with Crippen LogP contribution in [0.1, 0.15) is 37.8 Å². The molecular formula is C21H27ClN4S. The van der Waals surface area contributed by atoms with Crippen molar-refractivity contribution in [2.45, 2.75) is 33.6 Å². The second kappa shape index (κ2) is 10.9. The zero-order chi connectivity index (χ0) is 19.6. The first-order chi connectivity index (χ1) is 13.0. The van der Waals surface area contributed by atoms with Gasteiger partial charge in [-0.05, 0) is 67.9 Å². The lowest BCUT2D eigenvalue weighted by atomic mass is 10.2. The Morgan fingerprint density at radius 3 is 2.56 bits per heavy atom. The smallest absolute Gasteiger partial charge is 0.191 e. The highest BCUT2D eigenvalue weighted by atomic mass is 35.5. The van der Waals surface area contributed by atoms with Gasteiger partial charge >= 0.3 is 0 Å². The molecule has 2 N–H and O–H groups in total. The molecule has 27 heavy (non-hydrogen) atoms. The summed E-state index contributed by atoms with van der Waals surface area (Å²) in [5, 5.41) is 8.26. The van der Waals surface area contributed by atoms with Crippen molar-refractivity contribution in [3.63, 3.8) is 0 Å². The van der Waals surface area contributed by atoms with Gasteiger partial charge in [-0.3, -0.25) is 5.43 Å². The van der Waals surface area contributed by atoms with E-state index in [0.29, 0.717) is 10.1 Å². The summed E-state index contributed by atoms with van der Waals surface area (Å²) >= 11 is 11.4. The Hall–Kier alpha value is -2.11. The lowest BCUT2D eigenvalue weighted by Crippen LogP contribution is -2.24. The van der Waals surface area contributed by atoms with Crippen LogP contribution >= 0.6 is 23.8 Å². The van der Waals surface area contributed by atoms with Crippen LogP contribution in [0.25, 0.3) is 0 Å². The van der Waals surface area contributed by atoms with Crippen molar-refractivity contribution in [2.75, 3.05) is 23.3 Å². The van der Waals surface area contributed by atoms with Crippen LogP contribution in [0.2, 0.25) is 5.02 Å². The van der Waals surface area contributed by atoms with Gasteiger partial charge < -0.3 is 10.2 Å². The van der Waals surface area contributed by atoms with Gasteiger partial charge in [-0.25, -0.2) is 0 Å². The molecule has 2 aromatic carbocycles. The standard InChI is InChI=1S/C21H27ClN4S/c1-4-6-13-26(5-2)18-10-8-17(9-11-18)15-23-25-21(27)24-20-12-7-16(3)14-19(20)22/h7-12,14-15H,4-6,13H2,1-3H3,(H2,24,25,27)/b23-15+. The molecule has 0 radical (unpaired) electrons. The minimum absolute atomic E-state index is 0.394. The average molecular weight is 403 g/mol. The van der Waals surface area contributed by atoms with Crippen molar-refractivity contribution in [1.29, 1.82) is 0 Å². The summed E-state index contributed by atoms with van der Waals surface area (Å²) in [4.78, 5) is 2.38. The Morgan fingerprint density at radius 1 is 1.19 bits per heavy atom. The molecule has 0 aromatic heterocycles. The minimum Gasteiger partial charge on any atom is -0.372 e. The molecule has 0 saturated carbocycles. The van der Waals surface area contributed by atoms with Crippen molar-refractivity contribution in [3.05, 3.63) is 58.6 Å². The number of anilines is 2. The molecule has 0 aliphatic rings. The van der Waals surface area contributed by atoms with E-state index in [1.54, 1.807) is 6.21 Å². The number of hydrogen-bond donors (Lipinski definition) is 2. The maximum Gasteiger partial charge on any atom is 0.191 e. The number of unbranched alkanes of at least 4 members (excludes halogenated alkanes) is 1. The van der Waals surface area contributed by atoms with E-state index >= 15 is 0 Å². The van der Waals surface area contributed by atoms with Crippen molar-refractivity contribution in [1.82, 2.24) is 5.43 Å². The van der Waals surface area contributed by atoms with Crippen LogP contribution in [0, 0.1) is 6.92 Å². The van der Waals surface area contributed by atoms with E-state index in [0.717, 1.165) is 29.9 Å². The Kier molecular flexibility index (Phi) is 8.55. The molecule has 2 rings (SSSR count). The van der Waals surface area contributed by atoms with Gasteiger partial charge in [0.1, 0.15) is 0 Å². The van der Waals surface area contributed by atoms with Crippen LogP contribution < -0.4 is 15.6 Å². The lowest BCUT2D eigenvalue weighted by Gasteiger charge is -2.22. The summed E-state index contributed by atoms with van der Waals surface area (Å²) in [5.74, 6) is 0. The summed E-state index contributed by atoms with van der Waals surface area (Å²) in [5.41, 5.74) is 6.92. The SMILES string of the molecule is CCCCN(CC)c1ccc(/C=N/NC(=S)Nc2ccc(C)cc2Cl)cc1. The Labute approximate surface area is 172 Å². The van der Waals surface area contributed by atoms with Gasteiger partial charge in [-0.15, -0.1) is 0 Å². The second-order valence-electron chi connectivity index (χ2n) is 6.33. The summed E-state index contributed by atoms with van der Waals surface area (Å²) in [6.07, 6.45) is 4.15. The Morgan fingerprint density at radius 2 is 1.93 bits per heavy atom. The van der Waals surface area contributed by atoms with Gasteiger partial charge in [0.2, 0.25) is 0 Å². The molecule has 0 spiro atoms. The normalized spacial score (nSPS) is 10.8. The molecule has 144 valence electrons. The topological polar surface area (TPSA) is 39.7 Å². The van der Waals surface area contributed by atoms with Gasteiger partial charge in [0.25, 0.3) is 0 Å². The first-order valence-electron chi connectivity index (χ1n) is 9.24. The van der Waals surface area contributed by atoms with E-state index in [4.69, 9.17) is 23.8 Å². The van der Waals surface area contributed by atoms with Crippen LogP contribution in [-0.4, -0.2) is 24.4 Å². The number of hydrazone groups is 1. The third-order valence-corrected chi connectivity index (χ3v) is 4.68. The van der Waals surface area contributed by atoms with E-state index in [1.165, 1.54) is 18.5 Å². The fourth-order valence-electron chi connectivity index (χ4n) is 2.63. The van der Waals surface area contributed by atoms with E-state index < -0.39 is 0 Å². The number of thiocarbonyl (C=S) groups is 1. The molecule has 0 heterocycles. The summed E-state index contributed by atoms with van der Waals surface area (Å²) in [6, 6.07) is 14.1. The Bertz CT molecular complexity index is 774. The van der Waals surface area contributed by atoms with Gasteiger partial charge in [0.05, 0.1) is 16.9 Å². The molecule has 4 nitrogen and oxygen atoms in total. The molecule has 0 saturated heterocycles. The molecule has 0 atom stereocenters. The van der Waals surface area contributed by atoms with E-state index in [1.807, 2.05) is 25.1 Å². The van der Waals surface area contributed by atoms with Crippen LogP contribution in [0.3, 0.4) is 0 Å². The number of halogens is 1. The fourth-order valence-corrected chi connectivity index (χ4v) is 3.07. The van der Waals surface area contributed by atoms with E-state index in [-0.39, 0.29) is 0 Å². The molecule has 2 aromatic rings. The van der Waals surface area contributed by atoms with Crippen molar-refractivity contribution in [3.8, 4) is 0 Å². The van der Waals surface area contributed by atoms with Crippen molar-refractivity contribution >= 4 is 46.5 Å². The van der Waals surface area contributed by atoms with Crippen LogP contribution in [-0.2, 0) is 0 Å². The molecule has 6 heteroatoms. The minimum atomic E-state index is 0.394. The van der Waals surface area contributed by atoms with Gasteiger partial charge in [0.15, 0.2) is 5.11 Å². The fraction of sp³-hybridized carbons (Fsp3) is 0.333. The molecule has 0 amide bonds. The summed E-state index contributed by atoms with van der Waals surface area (Å²) in [7, 11) is 0. The third-order valence-electron chi connectivity index (χ3n) is 4.17. The zero-order valence-corrected chi connectivity index (χ0v) is 17.7. The van der Waals surface area contributed by atoms with Gasteiger partial charge in [-0.2, -0.15) is 5.10 Å². The highest BCUT2D eigenvalue weighted by Gasteiger charge is 2.04. The largest absolute Gasteiger partial charge is 0.372 e. The number of nitrogens with one attached hydrogen (secondary N) is 2. The van der Waals surface area contributed by atoms with Crippen LogP contribution in [0.5, 0.6) is 0 Å². The maximum absolute atomic E-state index is 6.20. The molecule has 0 bridgehead atoms. The predicted molar refractivity (Wildman–Crippen MR) is 122 cm³/mol. The number of hydrogen-bond acceptors (Lipinski definition) is 3. The molecule has 0 fully saturated rings. The highest BCUT2D eigenvalue weighted by molar-refractivity contribution is 7.80. The van der Waals surface area contributed by atoms with Crippen molar-refractivity contribution in [2.24, 2.45) is 5.10 Å². The predicted octanol–water partition coefficient (Wildman–Crippen LogP) is 5.60. The first kappa shape index (κ1) is 21.2. The summed E-state index contributed by atoms with van der Waals surface area (Å²) < 4.78 is 0.